The van der Waals surface area contributed by atoms with Crippen molar-refractivity contribution in [1.29, 1.82) is 0 Å². The van der Waals surface area contributed by atoms with Gasteiger partial charge in [0.1, 0.15) is 0 Å². The quantitative estimate of drug-likeness (QED) is 0.606. The van der Waals surface area contributed by atoms with Crippen LogP contribution in [0.15, 0.2) is 83.7 Å². The summed E-state index contributed by atoms with van der Waals surface area (Å²) in [4.78, 5) is 25.2. The molecule has 2 heterocycles. The lowest BCUT2D eigenvalue weighted by atomic mass is 9.86. The smallest absolute Gasteiger partial charge is 0.252 e. The Labute approximate surface area is 167 Å². The summed E-state index contributed by atoms with van der Waals surface area (Å²) in [5, 5.41) is 13.8. The van der Waals surface area contributed by atoms with E-state index in [1.165, 1.54) is 0 Å². The van der Waals surface area contributed by atoms with Crippen molar-refractivity contribution in [2.75, 3.05) is 5.32 Å². The fraction of sp³-hybridized carbons (Fsp3) is 0.0870. The van der Waals surface area contributed by atoms with E-state index in [4.69, 9.17) is 0 Å². The number of para-hydroxylation sites is 1. The van der Waals surface area contributed by atoms with Gasteiger partial charge in [-0.3, -0.25) is 14.7 Å². The van der Waals surface area contributed by atoms with Crippen LogP contribution < -0.4 is 10.6 Å². The van der Waals surface area contributed by atoms with Gasteiger partial charge in [0, 0.05) is 33.8 Å². The van der Waals surface area contributed by atoms with E-state index in [2.05, 4.69) is 20.8 Å². The Morgan fingerprint density at radius 2 is 2.00 bits per heavy atom. The lowest BCUT2D eigenvalue weighted by molar-refractivity contribution is -0.116. The molecule has 29 heavy (non-hydrogen) atoms. The molecule has 1 aliphatic heterocycles. The Balaban J connectivity index is 1.40. The number of anilines is 1. The van der Waals surface area contributed by atoms with Gasteiger partial charge in [-0.25, -0.2) is 0 Å². The molecule has 2 aromatic carbocycles. The predicted octanol–water partition coefficient (Wildman–Crippen LogP) is 3.55. The van der Waals surface area contributed by atoms with Crippen LogP contribution in [-0.4, -0.2) is 22.0 Å². The van der Waals surface area contributed by atoms with Gasteiger partial charge in [0.2, 0.25) is 0 Å². The van der Waals surface area contributed by atoms with Crippen molar-refractivity contribution in [3.05, 3.63) is 89.3 Å². The third kappa shape index (κ3) is 3.25. The van der Waals surface area contributed by atoms with Crippen molar-refractivity contribution in [2.24, 2.45) is 5.92 Å². The summed E-state index contributed by atoms with van der Waals surface area (Å²) in [6, 6.07) is 15.2. The van der Waals surface area contributed by atoms with Gasteiger partial charge in [0.25, 0.3) is 11.8 Å². The van der Waals surface area contributed by atoms with Gasteiger partial charge < -0.3 is 10.6 Å². The molecule has 1 aliphatic carbocycles. The minimum atomic E-state index is -0.151. The summed E-state index contributed by atoms with van der Waals surface area (Å²) in [5.41, 5.74) is 4.72. The highest BCUT2D eigenvalue weighted by Gasteiger charge is 2.36. The second-order valence-corrected chi connectivity index (χ2v) is 7.16. The van der Waals surface area contributed by atoms with Crippen LogP contribution >= 0.6 is 0 Å². The number of amides is 2. The van der Waals surface area contributed by atoms with Gasteiger partial charge >= 0.3 is 0 Å². The molecule has 3 aromatic rings. The molecule has 0 radical (unpaired) electrons. The number of hydrogen-bond acceptors (Lipinski definition) is 3. The lowest BCUT2D eigenvalue weighted by Crippen LogP contribution is -2.20. The number of hydrogen-bond donors (Lipinski definition) is 3. The molecule has 6 heteroatoms. The fourth-order valence-corrected chi connectivity index (χ4v) is 3.76. The molecule has 3 N–H and O–H groups in total. The Hall–Kier alpha value is -3.93. The van der Waals surface area contributed by atoms with Crippen LogP contribution in [0.5, 0.6) is 0 Å². The third-order valence-electron chi connectivity index (χ3n) is 5.27. The summed E-state index contributed by atoms with van der Waals surface area (Å²) < 4.78 is 0. The highest BCUT2D eigenvalue weighted by molar-refractivity contribution is 6.07. The normalized spacial score (nSPS) is 19.5. The monoisotopic (exact) mass is 382 g/mol. The number of rotatable bonds is 3. The van der Waals surface area contributed by atoms with E-state index in [1.54, 1.807) is 12.3 Å². The van der Waals surface area contributed by atoms with Crippen LogP contribution in [0.25, 0.3) is 17.0 Å². The number of carbonyl (C=O) groups is 2. The topological polar surface area (TPSA) is 86.9 Å². The van der Waals surface area contributed by atoms with Crippen molar-refractivity contribution < 1.29 is 9.59 Å². The number of carbonyl (C=O) groups excluding carboxylic acids is 2. The Morgan fingerprint density at radius 3 is 2.86 bits per heavy atom. The van der Waals surface area contributed by atoms with Crippen LogP contribution in [0.2, 0.25) is 0 Å². The molecule has 6 nitrogen and oxygen atoms in total. The number of aromatic amines is 1. The van der Waals surface area contributed by atoms with Gasteiger partial charge in [-0.15, -0.1) is 0 Å². The number of aromatic nitrogens is 2. The summed E-state index contributed by atoms with van der Waals surface area (Å²) in [6.45, 7) is 0. The van der Waals surface area contributed by atoms with Crippen LogP contribution in [0, 0.1) is 5.92 Å². The average molecular weight is 382 g/mol. The maximum atomic E-state index is 12.7. The largest absolute Gasteiger partial charge is 0.325 e. The van der Waals surface area contributed by atoms with Crippen molar-refractivity contribution in [2.45, 2.75) is 6.42 Å². The molecule has 2 aliphatic rings. The first kappa shape index (κ1) is 17.2. The molecule has 1 aromatic heterocycles. The molecule has 0 saturated carbocycles. The standard InChI is InChI=1S/C23H18N4O2/c28-22(25-17-4-2-1-3-5-17)15-8-9-20-18(12-15)19(23(29)26-20)10-14-6-7-16-13-24-27-21(16)11-14/h1-11,13,18H,12H2,(H,24,27)(H,25,28)(H,26,29)/b19-10+. The van der Waals surface area contributed by atoms with Gasteiger partial charge in [0.05, 0.1) is 11.7 Å². The van der Waals surface area contributed by atoms with E-state index in [-0.39, 0.29) is 17.7 Å². The Morgan fingerprint density at radius 1 is 1.14 bits per heavy atom. The second kappa shape index (κ2) is 6.91. The van der Waals surface area contributed by atoms with Crippen molar-refractivity contribution in [3.8, 4) is 0 Å². The second-order valence-electron chi connectivity index (χ2n) is 7.16. The molecule has 1 unspecified atom stereocenters. The predicted molar refractivity (Wildman–Crippen MR) is 112 cm³/mol. The van der Waals surface area contributed by atoms with Gasteiger partial charge in [-0.1, -0.05) is 36.4 Å². The minimum absolute atomic E-state index is 0.121. The average Bonchev–Trinajstić information content (AvgIpc) is 3.32. The first-order valence-corrected chi connectivity index (χ1v) is 9.40. The first-order valence-electron chi connectivity index (χ1n) is 9.40. The third-order valence-corrected chi connectivity index (χ3v) is 5.27. The first-order chi connectivity index (χ1) is 14.2. The van der Waals surface area contributed by atoms with Crippen LogP contribution in [0.1, 0.15) is 12.0 Å². The summed E-state index contributed by atoms with van der Waals surface area (Å²) in [7, 11) is 0. The molecule has 142 valence electrons. The molecule has 1 saturated heterocycles. The SMILES string of the molecule is O=C(Nc1ccccc1)C1=CC=C2NC(=O)/C(=C/c3ccc4cn[nH]c4c3)C2C1. The van der Waals surface area contributed by atoms with Gasteiger partial charge in [0.15, 0.2) is 0 Å². The molecule has 1 fully saturated rings. The Bertz CT molecular complexity index is 1220. The Kier molecular flexibility index (Phi) is 4.09. The number of nitrogens with zero attached hydrogens (tertiary/aromatic N) is 1. The maximum Gasteiger partial charge on any atom is 0.252 e. The van der Waals surface area contributed by atoms with E-state index in [0.717, 1.165) is 27.9 Å². The summed E-state index contributed by atoms with van der Waals surface area (Å²) >= 11 is 0. The van der Waals surface area contributed by atoms with Crippen molar-refractivity contribution in [1.82, 2.24) is 15.5 Å². The number of allylic oxidation sites excluding steroid dienone is 3. The molecular formula is C23H18N4O2. The maximum absolute atomic E-state index is 12.7. The lowest BCUT2D eigenvalue weighted by Gasteiger charge is -2.18. The van der Waals surface area contributed by atoms with Crippen LogP contribution in [-0.2, 0) is 9.59 Å². The molecule has 0 bridgehead atoms. The van der Waals surface area contributed by atoms with Gasteiger partial charge in [-0.2, -0.15) is 5.10 Å². The number of benzene rings is 2. The molecule has 5 rings (SSSR count). The molecule has 0 spiro atoms. The molecular weight excluding hydrogens is 364 g/mol. The summed E-state index contributed by atoms with van der Waals surface area (Å²) in [6.07, 6.45) is 7.73. The van der Waals surface area contributed by atoms with E-state index in [9.17, 15) is 9.59 Å². The van der Waals surface area contributed by atoms with Crippen molar-refractivity contribution >= 4 is 34.5 Å². The zero-order chi connectivity index (χ0) is 19.8. The molecule has 1 atom stereocenters. The van der Waals surface area contributed by atoms with E-state index in [1.807, 2.05) is 60.7 Å². The number of fused-ring (bicyclic) bond motifs is 2. The molecule has 2 amide bonds. The zero-order valence-corrected chi connectivity index (χ0v) is 15.5. The zero-order valence-electron chi connectivity index (χ0n) is 15.5. The fourth-order valence-electron chi connectivity index (χ4n) is 3.76. The van der Waals surface area contributed by atoms with Crippen LogP contribution in [0.3, 0.4) is 0 Å². The number of H-pyrrole nitrogens is 1. The minimum Gasteiger partial charge on any atom is -0.325 e. The highest BCUT2D eigenvalue weighted by Crippen LogP contribution is 2.36. The van der Waals surface area contributed by atoms with E-state index < -0.39 is 0 Å². The number of nitrogens with one attached hydrogen (secondary N) is 3. The summed E-state index contributed by atoms with van der Waals surface area (Å²) in [5.74, 6) is -0.422. The van der Waals surface area contributed by atoms with Crippen LogP contribution in [0.4, 0.5) is 5.69 Å². The van der Waals surface area contributed by atoms with Gasteiger partial charge in [-0.05, 0) is 42.3 Å². The van der Waals surface area contributed by atoms with E-state index in [0.29, 0.717) is 17.6 Å². The van der Waals surface area contributed by atoms with Crippen molar-refractivity contribution in [3.63, 3.8) is 0 Å². The highest BCUT2D eigenvalue weighted by atomic mass is 16.2. The van der Waals surface area contributed by atoms with E-state index >= 15 is 0 Å².